The highest BCUT2D eigenvalue weighted by atomic mass is 16.5. The quantitative estimate of drug-likeness (QED) is 0.739. The van der Waals surface area contributed by atoms with Crippen LogP contribution >= 0.6 is 0 Å². The van der Waals surface area contributed by atoms with Crippen molar-refractivity contribution < 1.29 is 19.3 Å². The minimum atomic E-state index is -0.112. The van der Waals surface area contributed by atoms with Gasteiger partial charge in [-0.1, -0.05) is 0 Å². The predicted octanol–water partition coefficient (Wildman–Crippen LogP) is -0.914. The second-order valence-electron chi connectivity index (χ2n) is 7.68. The van der Waals surface area contributed by atoms with Gasteiger partial charge in [0.25, 0.3) is 0 Å². The van der Waals surface area contributed by atoms with Crippen LogP contribution in [0.25, 0.3) is 0 Å². The van der Waals surface area contributed by atoms with Crippen molar-refractivity contribution in [3.63, 3.8) is 0 Å². The average molecular weight is 288 g/mol. The van der Waals surface area contributed by atoms with Crippen molar-refractivity contribution in [2.45, 2.75) is 20.0 Å². The highest BCUT2D eigenvalue weighted by Gasteiger charge is 2.68. The van der Waals surface area contributed by atoms with Crippen molar-refractivity contribution in [2.24, 2.45) is 10.8 Å². The van der Waals surface area contributed by atoms with E-state index in [-0.39, 0.29) is 10.8 Å². The molecule has 21 heavy (non-hydrogen) atoms. The first-order valence-electron chi connectivity index (χ1n) is 7.83. The fraction of sp³-hybridized carbons (Fsp3) is 0.588. The number of carbonyl (C=O) groups excluding carboxylic acids is 1. The first-order chi connectivity index (χ1) is 9.95. The van der Waals surface area contributed by atoms with Crippen LogP contribution in [-0.4, -0.2) is 39.1 Å². The van der Waals surface area contributed by atoms with Gasteiger partial charge in [0.05, 0.1) is 38.9 Å². The van der Waals surface area contributed by atoms with Crippen molar-refractivity contribution in [2.75, 3.05) is 33.3 Å². The molecule has 4 nitrogen and oxygen atoms in total. The number of Topliss-reactive ketones (excluding diaryl/α,β-unsaturated/α-hetero) is 1. The molecule has 4 aliphatic rings. The number of hydrogen-bond donors (Lipinski definition) is 2. The van der Waals surface area contributed by atoms with Crippen LogP contribution in [0.2, 0.25) is 0 Å². The Kier molecular flexibility index (Phi) is 2.58. The van der Waals surface area contributed by atoms with Gasteiger partial charge < -0.3 is 4.74 Å². The van der Waals surface area contributed by atoms with E-state index in [1.165, 1.54) is 5.56 Å². The van der Waals surface area contributed by atoms with Gasteiger partial charge in [-0.05, 0) is 38.1 Å². The topological polar surface area (TPSA) is 35.2 Å². The fourth-order valence-corrected chi connectivity index (χ4v) is 5.27. The Balaban J connectivity index is 1.69. The fourth-order valence-electron chi connectivity index (χ4n) is 5.27. The molecule has 0 aliphatic carbocycles. The molecule has 1 aromatic carbocycles. The van der Waals surface area contributed by atoms with Gasteiger partial charge in [-0.25, -0.2) is 0 Å². The van der Waals surface area contributed by atoms with Crippen molar-refractivity contribution in [3.05, 3.63) is 29.8 Å². The molecule has 4 heteroatoms. The summed E-state index contributed by atoms with van der Waals surface area (Å²) in [6.45, 7) is 8.30. The minimum absolute atomic E-state index is 0.112. The molecule has 0 spiro atoms. The largest absolute Gasteiger partial charge is 0.497 e. The summed E-state index contributed by atoms with van der Waals surface area (Å²) >= 11 is 0. The number of ketones is 1. The molecule has 0 atom stereocenters. The molecule has 0 aromatic heterocycles. The number of rotatable bonds is 2. The van der Waals surface area contributed by atoms with Gasteiger partial charge in [-0.15, -0.1) is 0 Å². The summed E-state index contributed by atoms with van der Waals surface area (Å²) in [4.78, 5) is 15.9. The highest BCUT2D eigenvalue weighted by Crippen LogP contribution is 2.36. The number of nitrogens with one attached hydrogen (secondary N) is 2. The Bertz CT molecular complexity index is 555. The first-order valence-corrected chi connectivity index (χ1v) is 7.83. The van der Waals surface area contributed by atoms with Crippen LogP contribution in [0.1, 0.15) is 25.6 Å². The third kappa shape index (κ3) is 1.72. The molecule has 4 heterocycles. The normalized spacial score (nSPS) is 44.1. The second-order valence-corrected chi connectivity index (χ2v) is 7.68. The zero-order valence-corrected chi connectivity index (χ0v) is 13.0. The molecule has 0 radical (unpaired) electrons. The maximum Gasteiger partial charge on any atom is 0.240 e. The SMILES string of the molecule is COc1ccc(C2[NH+]3CC4(C)C[NH+]2CC(C)(C3)C4=O)cc1. The Morgan fingerprint density at radius 1 is 1.00 bits per heavy atom. The van der Waals surface area contributed by atoms with E-state index in [0.717, 1.165) is 31.9 Å². The summed E-state index contributed by atoms with van der Waals surface area (Å²) in [7, 11) is 1.70. The second kappa shape index (κ2) is 4.08. The summed E-state index contributed by atoms with van der Waals surface area (Å²) in [5.41, 5.74) is 1.15. The summed E-state index contributed by atoms with van der Waals surface area (Å²) in [6.07, 6.45) is 0.477. The number of piperidine rings is 2. The van der Waals surface area contributed by atoms with E-state index in [1.807, 2.05) is 0 Å². The molecule has 112 valence electrons. The molecule has 0 amide bonds. The van der Waals surface area contributed by atoms with Crippen molar-refractivity contribution in [3.8, 4) is 5.75 Å². The first kappa shape index (κ1) is 13.3. The van der Waals surface area contributed by atoms with Gasteiger partial charge in [0, 0.05) is 0 Å². The lowest BCUT2D eigenvalue weighted by Crippen LogP contribution is -3.41. The van der Waals surface area contributed by atoms with E-state index in [1.54, 1.807) is 16.9 Å². The van der Waals surface area contributed by atoms with Crippen LogP contribution in [0.15, 0.2) is 24.3 Å². The standard InChI is InChI=1S/C17H22N2O2/c1-16-8-18-10-17(2,15(16)20)11-19(9-16)14(18)12-4-6-13(21-3)7-5-12/h4-7,14H,8-11H2,1-3H3/p+2. The third-order valence-corrected chi connectivity index (χ3v) is 5.83. The van der Waals surface area contributed by atoms with Gasteiger partial charge >= 0.3 is 0 Å². The Hall–Kier alpha value is -1.39. The van der Waals surface area contributed by atoms with Crippen LogP contribution < -0.4 is 14.5 Å². The molecule has 0 unspecified atom stereocenters. The van der Waals surface area contributed by atoms with Crippen LogP contribution in [0.5, 0.6) is 5.75 Å². The van der Waals surface area contributed by atoms with Crippen molar-refractivity contribution in [1.29, 1.82) is 0 Å². The maximum absolute atomic E-state index is 12.7. The molecule has 1 aromatic rings. The van der Waals surface area contributed by atoms with E-state index in [4.69, 9.17) is 4.74 Å². The Labute approximate surface area is 125 Å². The van der Waals surface area contributed by atoms with Crippen molar-refractivity contribution >= 4 is 5.78 Å². The number of methoxy groups -OCH3 is 1. The summed E-state index contributed by atoms with van der Waals surface area (Å²) in [6, 6.07) is 8.49. The molecular weight excluding hydrogens is 264 g/mol. The van der Waals surface area contributed by atoms with E-state index >= 15 is 0 Å². The van der Waals surface area contributed by atoms with Gasteiger partial charge in [-0.2, -0.15) is 0 Å². The number of benzene rings is 1. The Morgan fingerprint density at radius 2 is 1.48 bits per heavy atom. The summed E-state index contributed by atoms with van der Waals surface area (Å²) in [5, 5.41) is 0. The molecule has 0 saturated carbocycles. The molecule has 4 fully saturated rings. The minimum Gasteiger partial charge on any atom is -0.497 e. The molecule has 4 bridgehead atoms. The Morgan fingerprint density at radius 3 is 1.90 bits per heavy atom. The number of quaternary nitrogens is 2. The lowest BCUT2D eigenvalue weighted by molar-refractivity contribution is -1.18. The van der Waals surface area contributed by atoms with E-state index in [0.29, 0.717) is 11.9 Å². The lowest BCUT2D eigenvalue weighted by atomic mass is 9.62. The molecule has 4 aliphatic heterocycles. The molecule has 2 N–H and O–H groups in total. The van der Waals surface area contributed by atoms with E-state index in [2.05, 4.69) is 38.1 Å². The van der Waals surface area contributed by atoms with Gasteiger partial charge in [0.15, 0.2) is 5.78 Å². The number of hydrogen-bond acceptors (Lipinski definition) is 2. The van der Waals surface area contributed by atoms with Crippen LogP contribution in [0.4, 0.5) is 0 Å². The third-order valence-electron chi connectivity index (χ3n) is 5.83. The molecule has 5 rings (SSSR count). The van der Waals surface area contributed by atoms with Crippen LogP contribution in [-0.2, 0) is 4.79 Å². The predicted molar refractivity (Wildman–Crippen MR) is 78.3 cm³/mol. The lowest BCUT2D eigenvalue weighted by Gasteiger charge is -2.58. The van der Waals surface area contributed by atoms with E-state index < -0.39 is 0 Å². The van der Waals surface area contributed by atoms with Crippen LogP contribution in [0.3, 0.4) is 0 Å². The molecular formula is C17H24N2O2+2. The van der Waals surface area contributed by atoms with Gasteiger partial charge in [-0.3, -0.25) is 14.6 Å². The van der Waals surface area contributed by atoms with Gasteiger partial charge in [0.1, 0.15) is 16.6 Å². The zero-order valence-electron chi connectivity index (χ0n) is 13.0. The highest BCUT2D eigenvalue weighted by molar-refractivity contribution is 5.91. The van der Waals surface area contributed by atoms with Gasteiger partial charge in [0.2, 0.25) is 6.17 Å². The smallest absolute Gasteiger partial charge is 0.240 e. The zero-order chi connectivity index (χ0) is 14.8. The maximum atomic E-state index is 12.7. The number of ether oxygens (including phenoxy) is 1. The molecule has 4 saturated heterocycles. The monoisotopic (exact) mass is 288 g/mol. The van der Waals surface area contributed by atoms with Crippen LogP contribution in [0, 0.1) is 10.8 Å². The van der Waals surface area contributed by atoms with E-state index in [9.17, 15) is 4.79 Å². The summed E-state index contributed by atoms with van der Waals surface area (Å²) < 4.78 is 5.26. The number of carbonyl (C=O) groups is 1. The van der Waals surface area contributed by atoms with Crippen molar-refractivity contribution in [1.82, 2.24) is 0 Å². The summed E-state index contributed by atoms with van der Waals surface area (Å²) in [5.74, 6) is 1.42. The average Bonchev–Trinajstić information content (AvgIpc) is 2.44.